The van der Waals surface area contributed by atoms with Crippen LogP contribution in [0, 0.1) is 6.92 Å². The Hall–Kier alpha value is -1.35. The fraction of sp³-hybridized carbons (Fsp3) is 0.533. The maximum Gasteiger partial charge on any atom is 0.225 e. The number of nitrogens with one attached hydrogen (secondary N) is 2. The zero-order chi connectivity index (χ0) is 13.5. The van der Waals surface area contributed by atoms with E-state index in [0.717, 1.165) is 18.7 Å². The van der Waals surface area contributed by atoms with E-state index in [1.165, 1.54) is 11.1 Å². The van der Waals surface area contributed by atoms with Crippen molar-refractivity contribution in [2.75, 3.05) is 11.9 Å². The molecule has 1 aromatic rings. The summed E-state index contributed by atoms with van der Waals surface area (Å²) in [6.45, 7) is 9.17. The number of carbonyl (C=O) groups excluding carboxylic acids is 1. The van der Waals surface area contributed by atoms with Crippen molar-refractivity contribution >= 4 is 11.6 Å². The summed E-state index contributed by atoms with van der Waals surface area (Å²) < 4.78 is 0. The minimum Gasteiger partial charge on any atom is -0.326 e. The molecule has 2 N–H and O–H groups in total. The third-order valence-corrected chi connectivity index (χ3v) is 3.05. The van der Waals surface area contributed by atoms with Gasteiger partial charge in [-0.05, 0) is 50.1 Å². The van der Waals surface area contributed by atoms with E-state index < -0.39 is 0 Å². The Morgan fingerprint density at radius 2 is 2.06 bits per heavy atom. The van der Waals surface area contributed by atoms with Gasteiger partial charge in [-0.2, -0.15) is 0 Å². The van der Waals surface area contributed by atoms with Crippen molar-refractivity contribution in [1.82, 2.24) is 5.32 Å². The van der Waals surface area contributed by atoms with Crippen molar-refractivity contribution in [2.45, 2.75) is 46.6 Å². The Morgan fingerprint density at radius 1 is 1.33 bits per heavy atom. The first kappa shape index (κ1) is 14.7. The molecule has 1 rings (SSSR count). The standard InChI is InChI=1S/C15H24N2O/c1-5-13-7-8-14(9-11(13)3)17-15(18)10-12(4)16-6-2/h7-9,12,16H,5-6,10H2,1-4H3,(H,17,18). The largest absolute Gasteiger partial charge is 0.326 e. The van der Waals surface area contributed by atoms with Crippen LogP contribution in [0.25, 0.3) is 0 Å². The molecule has 0 aliphatic rings. The molecular weight excluding hydrogens is 224 g/mol. The highest BCUT2D eigenvalue weighted by molar-refractivity contribution is 5.91. The smallest absolute Gasteiger partial charge is 0.225 e. The van der Waals surface area contributed by atoms with Gasteiger partial charge in [-0.15, -0.1) is 0 Å². The highest BCUT2D eigenvalue weighted by Gasteiger charge is 2.08. The average molecular weight is 248 g/mol. The fourth-order valence-electron chi connectivity index (χ4n) is 2.08. The Balaban J connectivity index is 2.57. The van der Waals surface area contributed by atoms with Gasteiger partial charge in [0.05, 0.1) is 0 Å². The predicted molar refractivity (Wildman–Crippen MR) is 76.9 cm³/mol. The molecule has 0 radical (unpaired) electrons. The summed E-state index contributed by atoms with van der Waals surface area (Å²) in [5.74, 6) is 0.0621. The Bertz CT molecular complexity index is 401. The zero-order valence-electron chi connectivity index (χ0n) is 11.8. The molecule has 1 atom stereocenters. The minimum absolute atomic E-state index is 0.0621. The number of anilines is 1. The van der Waals surface area contributed by atoms with Crippen molar-refractivity contribution in [3.05, 3.63) is 29.3 Å². The van der Waals surface area contributed by atoms with E-state index in [9.17, 15) is 4.79 Å². The molecule has 0 aromatic heterocycles. The van der Waals surface area contributed by atoms with Gasteiger partial charge in [0.15, 0.2) is 0 Å². The van der Waals surface area contributed by atoms with Crippen LogP contribution in [-0.2, 0) is 11.2 Å². The maximum atomic E-state index is 11.8. The topological polar surface area (TPSA) is 41.1 Å². The van der Waals surface area contributed by atoms with Crippen LogP contribution < -0.4 is 10.6 Å². The van der Waals surface area contributed by atoms with Crippen LogP contribution in [0.3, 0.4) is 0 Å². The van der Waals surface area contributed by atoms with Crippen molar-refractivity contribution in [3.8, 4) is 0 Å². The lowest BCUT2D eigenvalue weighted by Gasteiger charge is -2.13. The highest BCUT2D eigenvalue weighted by Crippen LogP contribution is 2.15. The van der Waals surface area contributed by atoms with Crippen LogP contribution in [0.15, 0.2) is 18.2 Å². The molecule has 18 heavy (non-hydrogen) atoms. The van der Waals surface area contributed by atoms with E-state index in [1.807, 2.05) is 26.0 Å². The monoisotopic (exact) mass is 248 g/mol. The molecule has 0 heterocycles. The molecule has 0 saturated carbocycles. The summed E-state index contributed by atoms with van der Waals surface area (Å²) in [5.41, 5.74) is 3.45. The summed E-state index contributed by atoms with van der Waals surface area (Å²) in [6, 6.07) is 6.31. The molecule has 1 amide bonds. The second-order valence-electron chi connectivity index (χ2n) is 4.71. The van der Waals surface area contributed by atoms with Gasteiger partial charge in [0.1, 0.15) is 0 Å². The fourth-order valence-corrected chi connectivity index (χ4v) is 2.08. The van der Waals surface area contributed by atoms with E-state index in [2.05, 4.69) is 30.5 Å². The second-order valence-corrected chi connectivity index (χ2v) is 4.71. The molecule has 3 nitrogen and oxygen atoms in total. The average Bonchev–Trinajstić information content (AvgIpc) is 2.29. The molecule has 0 aliphatic heterocycles. The van der Waals surface area contributed by atoms with E-state index in [4.69, 9.17) is 0 Å². The summed E-state index contributed by atoms with van der Waals surface area (Å²) in [7, 11) is 0. The molecule has 0 fully saturated rings. The van der Waals surface area contributed by atoms with E-state index in [1.54, 1.807) is 0 Å². The SMILES string of the molecule is CCNC(C)CC(=O)Nc1ccc(CC)c(C)c1. The molecular formula is C15H24N2O. The summed E-state index contributed by atoms with van der Waals surface area (Å²) >= 11 is 0. The van der Waals surface area contributed by atoms with Crippen LogP contribution in [0.1, 0.15) is 38.3 Å². The van der Waals surface area contributed by atoms with Crippen LogP contribution in [0.2, 0.25) is 0 Å². The van der Waals surface area contributed by atoms with Crippen molar-refractivity contribution < 1.29 is 4.79 Å². The minimum atomic E-state index is 0.0621. The Morgan fingerprint density at radius 3 is 2.61 bits per heavy atom. The molecule has 0 bridgehead atoms. The molecule has 0 aliphatic carbocycles. The molecule has 0 saturated heterocycles. The number of carbonyl (C=O) groups is 1. The first-order valence-corrected chi connectivity index (χ1v) is 6.69. The third kappa shape index (κ3) is 4.49. The van der Waals surface area contributed by atoms with Gasteiger partial charge >= 0.3 is 0 Å². The highest BCUT2D eigenvalue weighted by atomic mass is 16.1. The normalized spacial score (nSPS) is 12.2. The first-order chi connectivity index (χ1) is 8.56. The van der Waals surface area contributed by atoms with E-state index in [-0.39, 0.29) is 11.9 Å². The van der Waals surface area contributed by atoms with Crippen molar-refractivity contribution in [1.29, 1.82) is 0 Å². The lowest BCUT2D eigenvalue weighted by atomic mass is 10.1. The molecule has 1 unspecified atom stereocenters. The molecule has 1 aromatic carbocycles. The zero-order valence-corrected chi connectivity index (χ0v) is 11.8. The van der Waals surface area contributed by atoms with Crippen LogP contribution in [0.4, 0.5) is 5.69 Å². The predicted octanol–water partition coefficient (Wildman–Crippen LogP) is 2.88. The van der Waals surface area contributed by atoms with Gasteiger partial charge in [0.2, 0.25) is 5.91 Å². The van der Waals surface area contributed by atoms with Gasteiger partial charge < -0.3 is 10.6 Å². The number of benzene rings is 1. The van der Waals surface area contributed by atoms with Gasteiger partial charge in [-0.3, -0.25) is 4.79 Å². The first-order valence-electron chi connectivity index (χ1n) is 6.69. The van der Waals surface area contributed by atoms with Crippen LogP contribution in [-0.4, -0.2) is 18.5 Å². The number of hydrogen-bond donors (Lipinski definition) is 2. The lowest BCUT2D eigenvalue weighted by Crippen LogP contribution is -2.30. The van der Waals surface area contributed by atoms with Crippen molar-refractivity contribution in [2.24, 2.45) is 0 Å². The van der Waals surface area contributed by atoms with Gasteiger partial charge in [0.25, 0.3) is 0 Å². The van der Waals surface area contributed by atoms with E-state index in [0.29, 0.717) is 6.42 Å². The maximum absolute atomic E-state index is 11.8. The molecule has 3 heteroatoms. The molecule has 100 valence electrons. The molecule has 0 spiro atoms. The van der Waals surface area contributed by atoms with Gasteiger partial charge in [-0.25, -0.2) is 0 Å². The van der Waals surface area contributed by atoms with E-state index >= 15 is 0 Å². The lowest BCUT2D eigenvalue weighted by molar-refractivity contribution is -0.116. The number of aryl methyl sites for hydroxylation is 2. The number of amides is 1. The third-order valence-electron chi connectivity index (χ3n) is 3.05. The summed E-state index contributed by atoms with van der Waals surface area (Å²) in [6.07, 6.45) is 1.53. The summed E-state index contributed by atoms with van der Waals surface area (Å²) in [4.78, 5) is 11.8. The summed E-state index contributed by atoms with van der Waals surface area (Å²) in [5, 5.41) is 6.18. The quantitative estimate of drug-likeness (QED) is 0.812. The Kier molecular flexibility index (Phi) is 5.86. The van der Waals surface area contributed by atoms with Gasteiger partial charge in [0, 0.05) is 18.2 Å². The Labute approximate surface area is 110 Å². The van der Waals surface area contributed by atoms with Crippen LogP contribution in [0.5, 0.6) is 0 Å². The second kappa shape index (κ2) is 7.17. The van der Waals surface area contributed by atoms with Gasteiger partial charge in [-0.1, -0.05) is 19.9 Å². The van der Waals surface area contributed by atoms with Crippen LogP contribution >= 0.6 is 0 Å². The number of rotatable bonds is 6. The van der Waals surface area contributed by atoms with Crippen molar-refractivity contribution in [3.63, 3.8) is 0 Å². The number of hydrogen-bond acceptors (Lipinski definition) is 2.